The number of carbonyl (C=O) groups excluding carboxylic acids is 1. The quantitative estimate of drug-likeness (QED) is 0.791. The van der Waals surface area contributed by atoms with E-state index in [1.165, 1.54) is 16.9 Å². The lowest BCUT2D eigenvalue weighted by Crippen LogP contribution is -2.31. The molecule has 2 heterocycles. The summed E-state index contributed by atoms with van der Waals surface area (Å²) in [4.78, 5) is 14.9. The number of hydrogen-bond acceptors (Lipinski definition) is 5. The minimum Gasteiger partial charge on any atom is -0.469 e. The minimum atomic E-state index is -0.185. The van der Waals surface area contributed by atoms with Crippen molar-refractivity contribution in [3.05, 3.63) is 44.3 Å². The van der Waals surface area contributed by atoms with Crippen LogP contribution >= 0.6 is 22.7 Å². The molecule has 0 radical (unpaired) electrons. The SMILES string of the molecule is COC(=O)Cc1ccc(CNCC(C)(C)c2cccs2)s1. The molecule has 0 spiro atoms. The van der Waals surface area contributed by atoms with Crippen molar-refractivity contribution in [3.63, 3.8) is 0 Å². The molecular weight excluding hydrogens is 302 g/mol. The lowest BCUT2D eigenvalue weighted by atomic mass is 9.91. The van der Waals surface area contributed by atoms with Gasteiger partial charge in [-0.25, -0.2) is 0 Å². The fourth-order valence-corrected chi connectivity index (χ4v) is 3.90. The Balaban J connectivity index is 1.82. The number of carbonyl (C=O) groups is 1. The van der Waals surface area contributed by atoms with Crippen molar-refractivity contribution in [2.75, 3.05) is 13.7 Å². The second-order valence-corrected chi connectivity index (χ2v) is 7.79. The maximum absolute atomic E-state index is 11.2. The first kappa shape index (κ1) is 16.2. The van der Waals surface area contributed by atoms with Crippen LogP contribution in [-0.4, -0.2) is 19.6 Å². The van der Waals surface area contributed by atoms with Crippen LogP contribution in [0.2, 0.25) is 0 Å². The predicted molar refractivity (Wildman–Crippen MR) is 89.1 cm³/mol. The van der Waals surface area contributed by atoms with Gasteiger partial charge in [0.1, 0.15) is 0 Å². The molecule has 3 nitrogen and oxygen atoms in total. The van der Waals surface area contributed by atoms with E-state index in [2.05, 4.69) is 47.5 Å². The lowest BCUT2D eigenvalue weighted by Gasteiger charge is -2.23. The number of ether oxygens (including phenoxy) is 1. The average Bonchev–Trinajstić information content (AvgIpc) is 3.10. The van der Waals surface area contributed by atoms with E-state index in [1.807, 2.05) is 6.07 Å². The molecule has 0 atom stereocenters. The van der Waals surface area contributed by atoms with Gasteiger partial charge in [-0.15, -0.1) is 22.7 Å². The van der Waals surface area contributed by atoms with E-state index in [9.17, 15) is 4.79 Å². The summed E-state index contributed by atoms with van der Waals surface area (Å²) < 4.78 is 4.68. The molecule has 0 aliphatic rings. The zero-order chi connectivity index (χ0) is 15.3. The molecule has 0 saturated carbocycles. The van der Waals surface area contributed by atoms with Crippen LogP contribution in [-0.2, 0) is 27.9 Å². The normalized spacial score (nSPS) is 11.6. The summed E-state index contributed by atoms with van der Waals surface area (Å²) in [6.07, 6.45) is 0.363. The van der Waals surface area contributed by atoms with Crippen molar-refractivity contribution in [1.82, 2.24) is 5.32 Å². The number of hydrogen-bond donors (Lipinski definition) is 1. The zero-order valence-electron chi connectivity index (χ0n) is 12.6. The fourth-order valence-electron chi connectivity index (χ4n) is 2.08. The summed E-state index contributed by atoms with van der Waals surface area (Å²) >= 11 is 3.46. The molecule has 1 N–H and O–H groups in total. The summed E-state index contributed by atoms with van der Waals surface area (Å²) in [5.41, 5.74) is 0.139. The first-order chi connectivity index (χ1) is 10.0. The molecule has 0 aliphatic carbocycles. The Labute approximate surface area is 134 Å². The van der Waals surface area contributed by atoms with E-state index >= 15 is 0 Å². The Morgan fingerprint density at radius 1 is 1.29 bits per heavy atom. The highest BCUT2D eigenvalue weighted by molar-refractivity contribution is 7.12. The van der Waals surface area contributed by atoms with Gasteiger partial charge in [0.05, 0.1) is 13.5 Å². The maximum atomic E-state index is 11.2. The molecule has 0 aromatic carbocycles. The van der Waals surface area contributed by atoms with Crippen molar-refractivity contribution in [1.29, 1.82) is 0 Å². The van der Waals surface area contributed by atoms with Crippen molar-refractivity contribution in [2.45, 2.75) is 32.2 Å². The largest absolute Gasteiger partial charge is 0.469 e. The maximum Gasteiger partial charge on any atom is 0.310 e. The standard InChI is InChI=1S/C16H21NO2S2/c1-16(2,14-5-4-8-20-14)11-17-10-13-7-6-12(21-13)9-15(18)19-3/h4-8,17H,9-11H2,1-3H3. The predicted octanol–water partition coefficient (Wildman–Crippen LogP) is 3.59. The Hall–Kier alpha value is -1.17. The first-order valence-electron chi connectivity index (χ1n) is 6.90. The number of nitrogens with one attached hydrogen (secondary N) is 1. The molecule has 2 aromatic rings. The molecule has 2 aromatic heterocycles. The highest BCUT2D eigenvalue weighted by Crippen LogP contribution is 2.27. The summed E-state index contributed by atoms with van der Waals surface area (Å²) in [5.74, 6) is -0.185. The monoisotopic (exact) mass is 323 g/mol. The third-order valence-corrected chi connectivity index (χ3v) is 5.64. The molecule has 21 heavy (non-hydrogen) atoms. The van der Waals surface area contributed by atoms with Crippen LogP contribution in [0.1, 0.15) is 28.5 Å². The summed E-state index contributed by atoms with van der Waals surface area (Å²) in [6, 6.07) is 8.36. The number of esters is 1. The molecule has 0 fully saturated rings. The summed E-state index contributed by atoms with van der Waals surface area (Å²) in [7, 11) is 1.42. The second-order valence-electron chi connectivity index (χ2n) is 5.59. The smallest absolute Gasteiger partial charge is 0.310 e. The van der Waals surface area contributed by atoms with E-state index < -0.39 is 0 Å². The van der Waals surface area contributed by atoms with E-state index in [-0.39, 0.29) is 11.4 Å². The molecule has 5 heteroatoms. The fraction of sp³-hybridized carbons (Fsp3) is 0.438. The average molecular weight is 323 g/mol. The Kier molecular flexibility index (Phi) is 5.56. The van der Waals surface area contributed by atoms with Gasteiger partial charge in [-0.05, 0) is 23.6 Å². The van der Waals surface area contributed by atoms with Gasteiger partial charge in [-0.1, -0.05) is 19.9 Å². The lowest BCUT2D eigenvalue weighted by molar-refractivity contribution is -0.139. The van der Waals surface area contributed by atoms with Crippen molar-refractivity contribution in [3.8, 4) is 0 Å². The zero-order valence-corrected chi connectivity index (χ0v) is 14.3. The number of rotatable bonds is 7. The van der Waals surface area contributed by atoms with E-state index in [1.54, 1.807) is 22.7 Å². The summed E-state index contributed by atoms with van der Waals surface area (Å²) in [6.45, 7) is 6.27. The Bertz CT molecular complexity index is 573. The van der Waals surface area contributed by atoms with Crippen LogP contribution in [0, 0.1) is 0 Å². The third kappa shape index (κ3) is 4.66. The van der Waals surface area contributed by atoms with E-state index in [0.29, 0.717) is 6.42 Å². The summed E-state index contributed by atoms with van der Waals surface area (Å²) in [5, 5.41) is 5.63. The molecule has 0 amide bonds. The van der Waals surface area contributed by atoms with Crippen molar-refractivity contribution >= 4 is 28.6 Å². The van der Waals surface area contributed by atoms with Gasteiger partial charge >= 0.3 is 5.97 Å². The van der Waals surface area contributed by atoms with Crippen LogP contribution in [0.4, 0.5) is 0 Å². The van der Waals surface area contributed by atoms with Gasteiger partial charge in [-0.3, -0.25) is 4.79 Å². The number of methoxy groups -OCH3 is 1. The van der Waals surface area contributed by atoms with Crippen LogP contribution in [0.5, 0.6) is 0 Å². The molecule has 0 aliphatic heterocycles. The Morgan fingerprint density at radius 2 is 2.05 bits per heavy atom. The van der Waals surface area contributed by atoms with Crippen LogP contribution in [0.25, 0.3) is 0 Å². The molecule has 0 saturated heterocycles. The van der Waals surface area contributed by atoms with Gasteiger partial charge in [0.2, 0.25) is 0 Å². The van der Waals surface area contributed by atoms with Gasteiger partial charge in [-0.2, -0.15) is 0 Å². The van der Waals surface area contributed by atoms with Gasteiger partial charge in [0.15, 0.2) is 0 Å². The molecule has 0 unspecified atom stereocenters. The van der Waals surface area contributed by atoms with Crippen LogP contribution in [0.3, 0.4) is 0 Å². The van der Waals surface area contributed by atoms with E-state index in [4.69, 9.17) is 0 Å². The third-order valence-electron chi connectivity index (χ3n) is 3.32. The van der Waals surface area contributed by atoms with Crippen LogP contribution in [0.15, 0.2) is 29.6 Å². The van der Waals surface area contributed by atoms with Crippen molar-refractivity contribution < 1.29 is 9.53 Å². The second kappa shape index (κ2) is 7.20. The molecule has 0 bridgehead atoms. The molecule has 2 rings (SSSR count). The topological polar surface area (TPSA) is 38.3 Å². The van der Waals surface area contributed by atoms with Crippen molar-refractivity contribution in [2.24, 2.45) is 0 Å². The molecular formula is C16H21NO2S2. The first-order valence-corrected chi connectivity index (χ1v) is 8.60. The highest BCUT2D eigenvalue weighted by Gasteiger charge is 2.21. The molecule has 114 valence electrons. The van der Waals surface area contributed by atoms with Gasteiger partial charge in [0.25, 0.3) is 0 Å². The number of thiophene rings is 2. The van der Waals surface area contributed by atoms with Crippen LogP contribution < -0.4 is 5.32 Å². The minimum absolute atomic E-state index is 0.139. The highest BCUT2D eigenvalue weighted by atomic mass is 32.1. The van der Waals surface area contributed by atoms with Gasteiger partial charge in [0, 0.05) is 33.1 Å². The van der Waals surface area contributed by atoms with Gasteiger partial charge < -0.3 is 10.1 Å². The van der Waals surface area contributed by atoms with E-state index in [0.717, 1.165) is 18.0 Å². The Morgan fingerprint density at radius 3 is 2.71 bits per heavy atom.